The second-order valence-electron chi connectivity index (χ2n) is 6.33. The molecule has 0 saturated heterocycles. The first-order valence-electron chi connectivity index (χ1n) is 9.09. The Labute approximate surface area is 163 Å². The lowest BCUT2D eigenvalue weighted by Gasteiger charge is -2.10. The molecule has 0 aliphatic heterocycles. The molecule has 2 aromatic carbocycles. The standard InChI is InChI=1S/C21H22N4O3/c1-3-20(26)28-13-7-6-12-22-21(27)16-11-10-15(2)14-19(16)25-23-17-8-4-5-9-18(17)24-25/h3-5,8-11,14H,1,6-7,12-13H2,2H3,(H,22,27). The second-order valence-corrected chi connectivity index (χ2v) is 6.33. The van der Waals surface area contributed by atoms with Gasteiger partial charge in [-0.2, -0.15) is 0 Å². The number of benzene rings is 2. The average Bonchev–Trinajstić information content (AvgIpc) is 3.14. The first-order valence-corrected chi connectivity index (χ1v) is 9.09. The number of rotatable bonds is 8. The molecule has 0 aliphatic carbocycles. The van der Waals surface area contributed by atoms with E-state index in [9.17, 15) is 9.59 Å². The normalized spacial score (nSPS) is 10.6. The predicted molar refractivity (Wildman–Crippen MR) is 106 cm³/mol. The fraction of sp³-hybridized carbons (Fsp3) is 0.238. The van der Waals surface area contributed by atoms with Crippen LogP contribution in [0.4, 0.5) is 0 Å². The van der Waals surface area contributed by atoms with Crippen molar-refractivity contribution in [1.82, 2.24) is 20.3 Å². The largest absolute Gasteiger partial charge is 0.463 e. The Bertz CT molecular complexity index is 977. The number of esters is 1. The van der Waals surface area contributed by atoms with Crippen LogP contribution in [0.3, 0.4) is 0 Å². The second kappa shape index (κ2) is 8.94. The number of carbonyl (C=O) groups is 2. The number of nitrogens with zero attached hydrogens (tertiary/aromatic N) is 3. The molecule has 3 rings (SSSR count). The molecule has 0 unspecified atom stereocenters. The number of ether oxygens (including phenoxy) is 1. The lowest BCUT2D eigenvalue weighted by molar-refractivity contribution is -0.137. The van der Waals surface area contributed by atoms with E-state index in [1.165, 1.54) is 4.80 Å². The molecule has 3 aromatic rings. The zero-order valence-electron chi connectivity index (χ0n) is 15.7. The quantitative estimate of drug-likeness (QED) is 0.370. The van der Waals surface area contributed by atoms with Crippen LogP contribution in [0.2, 0.25) is 0 Å². The molecular weight excluding hydrogens is 356 g/mol. The van der Waals surface area contributed by atoms with Crippen molar-refractivity contribution in [3.63, 3.8) is 0 Å². The number of amides is 1. The zero-order chi connectivity index (χ0) is 19.9. The van der Waals surface area contributed by atoms with Gasteiger partial charge in [-0.3, -0.25) is 4.79 Å². The van der Waals surface area contributed by atoms with Gasteiger partial charge in [-0.1, -0.05) is 24.8 Å². The molecule has 0 bridgehead atoms. The number of aryl methyl sites for hydroxylation is 1. The molecular formula is C21H22N4O3. The number of nitrogens with one attached hydrogen (secondary N) is 1. The molecule has 1 heterocycles. The monoisotopic (exact) mass is 378 g/mol. The molecule has 0 aliphatic rings. The maximum atomic E-state index is 12.7. The van der Waals surface area contributed by atoms with Gasteiger partial charge in [0.05, 0.1) is 17.9 Å². The van der Waals surface area contributed by atoms with Gasteiger partial charge in [0.15, 0.2) is 0 Å². The number of aromatic nitrogens is 3. The summed E-state index contributed by atoms with van der Waals surface area (Å²) in [5.74, 6) is -0.633. The van der Waals surface area contributed by atoms with Crippen LogP contribution in [0.1, 0.15) is 28.8 Å². The van der Waals surface area contributed by atoms with E-state index in [1.807, 2.05) is 43.3 Å². The minimum Gasteiger partial charge on any atom is -0.463 e. The fourth-order valence-electron chi connectivity index (χ4n) is 2.72. The molecule has 1 N–H and O–H groups in total. The third-order valence-corrected chi connectivity index (χ3v) is 4.17. The van der Waals surface area contributed by atoms with Gasteiger partial charge in [-0.15, -0.1) is 15.0 Å². The van der Waals surface area contributed by atoms with Crippen molar-refractivity contribution < 1.29 is 14.3 Å². The average molecular weight is 378 g/mol. The number of hydrogen-bond donors (Lipinski definition) is 1. The summed E-state index contributed by atoms with van der Waals surface area (Å²) < 4.78 is 4.91. The Morgan fingerprint density at radius 1 is 1.14 bits per heavy atom. The van der Waals surface area contributed by atoms with E-state index in [0.717, 1.165) is 22.7 Å². The topological polar surface area (TPSA) is 86.1 Å². The molecule has 7 heteroatoms. The van der Waals surface area contributed by atoms with Gasteiger partial charge in [0.2, 0.25) is 0 Å². The van der Waals surface area contributed by atoms with Crippen molar-refractivity contribution in [2.45, 2.75) is 19.8 Å². The summed E-state index contributed by atoms with van der Waals surface area (Å²) >= 11 is 0. The molecule has 0 fully saturated rings. The zero-order valence-corrected chi connectivity index (χ0v) is 15.7. The van der Waals surface area contributed by atoms with Gasteiger partial charge in [0, 0.05) is 12.6 Å². The molecule has 0 saturated carbocycles. The van der Waals surface area contributed by atoms with E-state index < -0.39 is 5.97 Å². The van der Waals surface area contributed by atoms with E-state index in [0.29, 0.717) is 37.2 Å². The minimum atomic E-state index is -0.438. The summed E-state index contributed by atoms with van der Waals surface area (Å²) in [6.45, 7) is 6.08. The lowest BCUT2D eigenvalue weighted by Crippen LogP contribution is -2.26. The highest BCUT2D eigenvalue weighted by Crippen LogP contribution is 2.18. The van der Waals surface area contributed by atoms with Crippen molar-refractivity contribution in [1.29, 1.82) is 0 Å². The van der Waals surface area contributed by atoms with E-state index in [4.69, 9.17) is 4.74 Å². The van der Waals surface area contributed by atoms with Crippen LogP contribution >= 0.6 is 0 Å². The molecule has 144 valence electrons. The van der Waals surface area contributed by atoms with Crippen molar-refractivity contribution in [3.05, 3.63) is 66.2 Å². The molecule has 1 amide bonds. The Morgan fingerprint density at radius 2 is 1.86 bits per heavy atom. The summed E-state index contributed by atoms with van der Waals surface area (Å²) in [6.07, 6.45) is 2.49. The number of hydrogen-bond acceptors (Lipinski definition) is 5. The summed E-state index contributed by atoms with van der Waals surface area (Å²) in [7, 11) is 0. The van der Waals surface area contributed by atoms with Crippen molar-refractivity contribution in [3.8, 4) is 5.69 Å². The summed E-state index contributed by atoms with van der Waals surface area (Å²) in [4.78, 5) is 25.2. The molecule has 7 nitrogen and oxygen atoms in total. The molecule has 0 radical (unpaired) electrons. The van der Waals surface area contributed by atoms with Gasteiger partial charge in [-0.25, -0.2) is 4.79 Å². The lowest BCUT2D eigenvalue weighted by atomic mass is 10.1. The molecule has 0 spiro atoms. The third-order valence-electron chi connectivity index (χ3n) is 4.17. The number of unbranched alkanes of at least 4 members (excludes halogenated alkanes) is 1. The molecule has 1 aromatic heterocycles. The summed E-state index contributed by atoms with van der Waals surface area (Å²) in [5.41, 5.74) is 3.68. The van der Waals surface area contributed by atoms with Crippen molar-refractivity contribution in [2.24, 2.45) is 0 Å². The van der Waals surface area contributed by atoms with Crippen LogP contribution in [0, 0.1) is 6.92 Å². The SMILES string of the molecule is C=CC(=O)OCCCCNC(=O)c1ccc(C)cc1-n1nc2ccccc2n1. The first-order chi connectivity index (χ1) is 13.6. The van der Waals surface area contributed by atoms with E-state index in [-0.39, 0.29) is 5.91 Å². The van der Waals surface area contributed by atoms with Crippen molar-refractivity contribution >= 4 is 22.9 Å². The van der Waals surface area contributed by atoms with Gasteiger partial charge in [0.25, 0.3) is 5.91 Å². The minimum absolute atomic E-state index is 0.195. The van der Waals surface area contributed by atoms with Gasteiger partial charge >= 0.3 is 5.97 Å². The van der Waals surface area contributed by atoms with Crippen LogP contribution in [-0.4, -0.2) is 40.0 Å². The maximum Gasteiger partial charge on any atom is 0.330 e. The van der Waals surface area contributed by atoms with Crippen LogP contribution in [0.5, 0.6) is 0 Å². The highest BCUT2D eigenvalue weighted by Gasteiger charge is 2.15. The predicted octanol–water partition coefficient (Wildman–Crippen LogP) is 2.97. The third kappa shape index (κ3) is 4.62. The summed E-state index contributed by atoms with van der Waals surface area (Å²) in [6, 6.07) is 13.1. The van der Waals surface area contributed by atoms with Crippen LogP contribution in [0.15, 0.2) is 55.1 Å². The van der Waals surface area contributed by atoms with Crippen molar-refractivity contribution in [2.75, 3.05) is 13.2 Å². The Hall–Kier alpha value is -3.48. The van der Waals surface area contributed by atoms with E-state index in [2.05, 4.69) is 22.1 Å². The Balaban J connectivity index is 1.67. The molecule has 0 atom stereocenters. The van der Waals surface area contributed by atoms with Gasteiger partial charge in [0.1, 0.15) is 11.0 Å². The van der Waals surface area contributed by atoms with Crippen LogP contribution in [0.25, 0.3) is 16.7 Å². The van der Waals surface area contributed by atoms with E-state index in [1.54, 1.807) is 6.07 Å². The number of carbonyl (C=O) groups excluding carboxylic acids is 2. The molecule has 28 heavy (non-hydrogen) atoms. The summed E-state index contributed by atoms with van der Waals surface area (Å²) in [5, 5.41) is 11.9. The number of fused-ring (bicyclic) bond motifs is 1. The highest BCUT2D eigenvalue weighted by atomic mass is 16.5. The van der Waals surface area contributed by atoms with Crippen LogP contribution in [-0.2, 0) is 9.53 Å². The first kappa shape index (κ1) is 19.3. The maximum absolute atomic E-state index is 12.7. The fourth-order valence-corrected chi connectivity index (χ4v) is 2.72. The highest BCUT2D eigenvalue weighted by molar-refractivity contribution is 5.97. The van der Waals surface area contributed by atoms with Gasteiger partial charge < -0.3 is 10.1 Å². The smallest absolute Gasteiger partial charge is 0.330 e. The van der Waals surface area contributed by atoms with Crippen LogP contribution < -0.4 is 5.32 Å². The Kier molecular flexibility index (Phi) is 6.16. The van der Waals surface area contributed by atoms with E-state index >= 15 is 0 Å². The Morgan fingerprint density at radius 3 is 2.54 bits per heavy atom. The van der Waals surface area contributed by atoms with Gasteiger partial charge in [-0.05, 0) is 49.6 Å².